The number of alkyl carbamates (subject to hydrolysis) is 1. The predicted octanol–water partition coefficient (Wildman–Crippen LogP) is 6.37. The molecule has 450 valence electrons. The summed E-state index contributed by atoms with van der Waals surface area (Å²) in [5.41, 5.74) is 5.17. The Balaban J connectivity index is 1.56. The number of nitrogens with two attached hydrogens (primary N) is 1. The van der Waals surface area contributed by atoms with Gasteiger partial charge in [-0.2, -0.15) is 11.8 Å². The molecule has 2 saturated heterocycles. The van der Waals surface area contributed by atoms with Crippen molar-refractivity contribution in [3.63, 3.8) is 0 Å². The first-order valence-corrected chi connectivity index (χ1v) is 30.1. The fourth-order valence-electron chi connectivity index (χ4n) is 8.63. The molecular weight excluding hydrogens is 1080 g/mol. The van der Waals surface area contributed by atoms with Crippen LogP contribution in [-0.2, 0) is 69.7 Å². The predicted molar refractivity (Wildman–Crippen MR) is 301 cm³/mol. The van der Waals surface area contributed by atoms with Crippen molar-refractivity contribution in [2.45, 2.75) is 166 Å². The first-order chi connectivity index (χ1) is 38.0. The smallest absolute Gasteiger partial charge is 0.444 e. The number of hydrogen-bond donors (Lipinski definition) is 7. The molecule has 0 spiro atoms. The third-order valence-electron chi connectivity index (χ3n) is 12.6. The second-order valence-corrected chi connectivity index (χ2v) is 24.0. The average Bonchev–Trinajstić information content (AvgIpc) is 4.03. The van der Waals surface area contributed by atoms with E-state index in [1.807, 2.05) is 25.6 Å². The second kappa shape index (κ2) is 36.9. The number of phosphoric acid groups is 1. The number of benzene rings is 1. The van der Waals surface area contributed by atoms with Gasteiger partial charge in [-0.3, -0.25) is 37.8 Å². The lowest BCUT2D eigenvalue weighted by Gasteiger charge is -2.25. The standard InChI is InChI=1S/C55H87FN7O15PS/c1-8-25-75-79(72,76-26-9-2)78-46-21-19-38(32-40(46)35-56)33-44(52(69)60-43(50(57)67)31-37(3)4)61-51(68)39(15-12-13-23-59-54(71)77-55(5,6)7)34-42(65)20-22-48(66)58-24-28-74-30-29-73-27-14-17-41(64)16-10-11-18-47-49-45(36-80-47)62-53(70)63-49/h8-9,19,21,32,37,39,43-45,47,49H,1-2,10-18,20,22-31,33-36H2,3-7H3,(H2,57,67)(H,58,66)(H,59,71)(H,60,69)(H,61,68)(H2,62,63,70)/t39?,43?,44?,45-,47?,49-/m1/s1. The van der Waals surface area contributed by atoms with Gasteiger partial charge in [-0.15, -0.1) is 13.2 Å². The molecule has 0 aromatic heterocycles. The zero-order chi connectivity index (χ0) is 59.1. The summed E-state index contributed by atoms with van der Waals surface area (Å²) in [6, 6.07) is 1.87. The van der Waals surface area contributed by atoms with E-state index in [9.17, 15) is 47.3 Å². The molecule has 4 unspecified atom stereocenters. The molecule has 0 radical (unpaired) electrons. The minimum Gasteiger partial charge on any atom is -0.444 e. The van der Waals surface area contributed by atoms with Gasteiger partial charge in [0.25, 0.3) is 0 Å². The van der Waals surface area contributed by atoms with Crippen molar-refractivity contribution in [2.24, 2.45) is 17.6 Å². The number of carbonyl (C=O) groups is 8. The molecule has 2 aliphatic rings. The highest BCUT2D eigenvalue weighted by atomic mass is 32.2. The van der Waals surface area contributed by atoms with E-state index in [0.29, 0.717) is 56.1 Å². The molecule has 3 rings (SSSR count). The zero-order valence-electron chi connectivity index (χ0n) is 47.2. The third-order valence-corrected chi connectivity index (χ3v) is 15.4. The molecule has 1 aromatic rings. The minimum atomic E-state index is -4.28. The van der Waals surface area contributed by atoms with E-state index >= 15 is 0 Å². The van der Waals surface area contributed by atoms with E-state index in [4.69, 9.17) is 33.5 Å². The molecule has 2 fully saturated rings. The Kier molecular flexibility index (Phi) is 31.7. The first kappa shape index (κ1) is 68.9. The number of fused-ring (bicyclic) bond motifs is 1. The van der Waals surface area contributed by atoms with Crippen LogP contribution in [0.3, 0.4) is 0 Å². The molecule has 8 N–H and O–H groups in total. The summed E-state index contributed by atoms with van der Waals surface area (Å²) in [5.74, 6) is -3.25. The summed E-state index contributed by atoms with van der Waals surface area (Å²) < 4.78 is 60.5. The van der Waals surface area contributed by atoms with Crippen LogP contribution >= 0.6 is 19.6 Å². The molecule has 1 aromatic carbocycles. The molecule has 0 saturated carbocycles. The summed E-state index contributed by atoms with van der Waals surface area (Å²) in [6.07, 6.45) is 6.44. The van der Waals surface area contributed by atoms with Crippen molar-refractivity contribution >= 4 is 66.9 Å². The number of primary amides is 1. The van der Waals surface area contributed by atoms with Gasteiger partial charge in [-0.05, 0) is 82.9 Å². The number of phosphoric ester groups is 1. The van der Waals surface area contributed by atoms with Crippen LogP contribution in [0.5, 0.6) is 5.75 Å². The van der Waals surface area contributed by atoms with E-state index in [1.54, 1.807) is 20.8 Å². The van der Waals surface area contributed by atoms with Crippen molar-refractivity contribution in [1.82, 2.24) is 31.9 Å². The quantitative estimate of drug-likeness (QED) is 0.0162. The number of alkyl halides is 1. The molecule has 2 aliphatic heterocycles. The van der Waals surface area contributed by atoms with E-state index in [0.717, 1.165) is 25.0 Å². The van der Waals surface area contributed by atoms with E-state index < -0.39 is 73.6 Å². The van der Waals surface area contributed by atoms with E-state index in [-0.39, 0.29) is 119 Å². The number of hydrogen-bond acceptors (Lipinski definition) is 16. The Bertz CT molecular complexity index is 2240. The number of thioether (sulfide) groups is 1. The normalized spacial score (nSPS) is 17.0. The molecule has 80 heavy (non-hydrogen) atoms. The number of amides is 7. The SMILES string of the molecule is C=CCOP(=O)(OCC=C)Oc1ccc(CC(NC(=O)C(CCCCNC(=O)OC(C)(C)C)CC(=O)CCC(=O)NCCOCCOCCCC(=O)CCCCC2SC[C@H]3NC(=O)N[C@@H]23)C(=O)NC(CC(C)C)C(N)=O)cc1CF. The molecule has 7 amide bonds. The molecule has 0 aliphatic carbocycles. The maximum Gasteiger partial charge on any atom is 0.530 e. The maximum atomic E-state index is 14.6. The summed E-state index contributed by atoms with van der Waals surface area (Å²) in [5, 5.41) is 17.1. The highest BCUT2D eigenvalue weighted by Gasteiger charge is 2.42. The van der Waals surface area contributed by atoms with E-state index in [1.165, 1.54) is 30.4 Å². The number of nitrogens with one attached hydrogen (secondary N) is 6. The number of rotatable bonds is 43. The van der Waals surface area contributed by atoms with Crippen molar-refractivity contribution < 1.29 is 75.1 Å². The fraction of sp³-hybridized carbons (Fsp3) is 0.673. The number of Topliss-reactive ketones (excluding diaryl/α,β-unsaturated/α-hetero) is 2. The van der Waals surface area contributed by atoms with Gasteiger partial charge in [0, 0.05) is 80.7 Å². The van der Waals surface area contributed by atoms with Crippen molar-refractivity contribution in [2.75, 3.05) is 58.5 Å². The van der Waals surface area contributed by atoms with Crippen LogP contribution in [0.4, 0.5) is 14.0 Å². The number of ketones is 2. The van der Waals surface area contributed by atoms with Crippen molar-refractivity contribution in [3.05, 3.63) is 54.6 Å². The topological polar surface area (TPSA) is 307 Å². The lowest BCUT2D eigenvalue weighted by Crippen LogP contribution is -2.54. The summed E-state index contributed by atoms with van der Waals surface area (Å²) in [4.78, 5) is 103. The van der Waals surface area contributed by atoms with Crippen molar-refractivity contribution in [3.8, 4) is 5.75 Å². The Morgan fingerprint density at radius 3 is 2.19 bits per heavy atom. The average molecular weight is 1170 g/mol. The molecule has 22 nitrogen and oxygen atoms in total. The van der Waals surface area contributed by atoms with Crippen LogP contribution in [0.15, 0.2) is 43.5 Å². The first-order valence-electron chi connectivity index (χ1n) is 27.5. The van der Waals surface area contributed by atoms with Crippen LogP contribution in [-0.4, -0.2) is 141 Å². The van der Waals surface area contributed by atoms with Gasteiger partial charge in [0.05, 0.1) is 45.1 Å². The Labute approximate surface area is 474 Å². The van der Waals surface area contributed by atoms with Crippen LogP contribution in [0.2, 0.25) is 0 Å². The van der Waals surface area contributed by atoms with Gasteiger partial charge in [0.1, 0.15) is 41.7 Å². The maximum absolute atomic E-state index is 14.6. The van der Waals surface area contributed by atoms with Gasteiger partial charge in [-0.1, -0.05) is 44.9 Å². The van der Waals surface area contributed by atoms with Crippen molar-refractivity contribution in [1.29, 1.82) is 0 Å². The summed E-state index contributed by atoms with van der Waals surface area (Å²) in [6.45, 7) is 15.9. The minimum absolute atomic E-state index is 0.0648. The van der Waals surface area contributed by atoms with Gasteiger partial charge in [0.2, 0.25) is 23.6 Å². The number of unbranched alkanes of at least 4 members (excludes halogenated alkanes) is 2. The van der Waals surface area contributed by atoms with Gasteiger partial charge in [0.15, 0.2) is 0 Å². The third kappa shape index (κ3) is 27.9. The van der Waals surface area contributed by atoms with Crippen LogP contribution in [0.1, 0.15) is 129 Å². The molecule has 2 heterocycles. The Hall–Kier alpha value is -5.39. The summed E-state index contributed by atoms with van der Waals surface area (Å²) >= 11 is 1.87. The number of carbonyl (C=O) groups excluding carboxylic acids is 8. The fourth-order valence-corrected chi connectivity index (χ4v) is 11.4. The lowest BCUT2D eigenvalue weighted by atomic mass is 9.92. The zero-order valence-corrected chi connectivity index (χ0v) is 49.0. The number of halogens is 1. The van der Waals surface area contributed by atoms with Crippen LogP contribution in [0.25, 0.3) is 0 Å². The summed E-state index contributed by atoms with van der Waals surface area (Å²) in [7, 11) is -4.28. The second-order valence-electron chi connectivity index (χ2n) is 21.1. The molecular formula is C55H87FN7O15PS. The Morgan fingerprint density at radius 2 is 1.52 bits per heavy atom. The monoisotopic (exact) mass is 1170 g/mol. The largest absolute Gasteiger partial charge is 0.530 e. The molecule has 6 atom stereocenters. The van der Waals surface area contributed by atoms with Gasteiger partial charge >= 0.3 is 19.9 Å². The number of urea groups is 1. The molecule has 25 heteroatoms. The van der Waals surface area contributed by atoms with E-state index in [2.05, 4.69) is 45.1 Å². The van der Waals surface area contributed by atoms with Gasteiger partial charge in [-0.25, -0.2) is 18.5 Å². The van der Waals surface area contributed by atoms with Crippen LogP contribution in [0, 0.1) is 11.8 Å². The Morgan fingerprint density at radius 1 is 0.838 bits per heavy atom. The van der Waals surface area contributed by atoms with Gasteiger partial charge < -0.3 is 56.4 Å². The molecule has 0 bridgehead atoms. The number of ether oxygens (including phenoxy) is 3. The highest BCUT2D eigenvalue weighted by molar-refractivity contribution is 8.00. The highest BCUT2D eigenvalue weighted by Crippen LogP contribution is 2.50. The lowest BCUT2D eigenvalue weighted by molar-refractivity contribution is -0.134. The van der Waals surface area contributed by atoms with Crippen LogP contribution < -0.4 is 42.2 Å².